The third-order valence-corrected chi connectivity index (χ3v) is 3.88. The Labute approximate surface area is 130 Å². The molecule has 0 spiro atoms. The van der Waals surface area contributed by atoms with Gasteiger partial charge in [-0.3, -0.25) is 9.78 Å². The lowest BCUT2D eigenvalue weighted by Gasteiger charge is -2.09. The van der Waals surface area contributed by atoms with E-state index >= 15 is 0 Å². The molecule has 1 fully saturated rings. The van der Waals surface area contributed by atoms with Gasteiger partial charge in [-0.1, -0.05) is 24.3 Å². The summed E-state index contributed by atoms with van der Waals surface area (Å²) in [5, 5.41) is 2.93. The van der Waals surface area contributed by atoms with Gasteiger partial charge in [-0.25, -0.2) is 0 Å². The molecule has 4 nitrogen and oxygen atoms in total. The quantitative estimate of drug-likeness (QED) is 0.892. The van der Waals surface area contributed by atoms with Crippen molar-refractivity contribution in [3.8, 4) is 5.75 Å². The number of nitrogens with one attached hydrogen (secondary N) is 1. The van der Waals surface area contributed by atoms with E-state index in [9.17, 15) is 4.79 Å². The first-order valence-electron chi connectivity index (χ1n) is 7.59. The fraction of sp³-hybridized carbons (Fsp3) is 0.333. The predicted octanol–water partition coefficient (Wildman–Crippen LogP) is 2.83. The number of amides is 1. The van der Waals surface area contributed by atoms with Crippen molar-refractivity contribution < 1.29 is 9.53 Å². The monoisotopic (exact) mass is 296 g/mol. The van der Waals surface area contributed by atoms with Gasteiger partial charge < -0.3 is 10.1 Å². The summed E-state index contributed by atoms with van der Waals surface area (Å²) >= 11 is 0. The minimum absolute atomic E-state index is 0.0178. The Balaban J connectivity index is 1.53. The fourth-order valence-electron chi connectivity index (χ4n) is 2.45. The lowest BCUT2D eigenvalue weighted by atomic mass is 10.1. The summed E-state index contributed by atoms with van der Waals surface area (Å²) in [6.45, 7) is 0.506. The summed E-state index contributed by atoms with van der Waals surface area (Å²) in [6, 6.07) is 11.7. The van der Waals surface area contributed by atoms with E-state index in [1.54, 1.807) is 7.11 Å². The molecule has 0 atom stereocenters. The van der Waals surface area contributed by atoms with E-state index in [1.807, 2.05) is 36.5 Å². The Morgan fingerprint density at radius 2 is 2.09 bits per heavy atom. The van der Waals surface area contributed by atoms with Gasteiger partial charge >= 0.3 is 0 Å². The van der Waals surface area contributed by atoms with Crippen LogP contribution >= 0.6 is 0 Å². The number of rotatable bonds is 6. The lowest BCUT2D eigenvalue weighted by Crippen LogP contribution is -2.24. The highest BCUT2D eigenvalue weighted by molar-refractivity contribution is 5.79. The molecule has 0 radical (unpaired) electrons. The van der Waals surface area contributed by atoms with E-state index in [0.29, 0.717) is 18.9 Å². The number of benzene rings is 1. The number of carbonyl (C=O) groups is 1. The normalized spacial score (nSPS) is 13.7. The summed E-state index contributed by atoms with van der Waals surface area (Å²) in [7, 11) is 1.61. The zero-order valence-corrected chi connectivity index (χ0v) is 12.7. The number of hydrogen-bond donors (Lipinski definition) is 1. The van der Waals surface area contributed by atoms with Gasteiger partial charge in [0, 0.05) is 29.9 Å². The van der Waals surface area contributed by atoms with E-state index in [4.69, 9.17) is 4.74 Å². The number of carbonyl (C=O) groups excluding carboxylic acids is 1. The molecule has 0 bridgehead atoms. The van der Waals surface area contributed by atoms with E-state index in [2.05, 4.69) is 16.4 Å². The van der Waals surface area contributed by atoms with Gasteiger partial charge in [0.1, 0.15) is 5.75 Å². The minimum Gasteiger partial charge on any atom is -0.496 e. The topological polar surface area (TPSA) is 51.2 Å². The first-order valence-corrected chi connectivity index (χ1v) is 7.59. The Morgan fingerprint density at radius 3 is 2.77 bits per heavy atom. The Bertz CT molecular complexity index is 648. The highest BCUT2D eigenvalue weighted by atomic mass is 16.5. The van der Waals surface area contributed by atoms with Gasteiger partial charge in [0.05, 0.1) is 13.5 Å². The van der Waals surface area contributed by atoms with Crippen LogP contribution in [0.4, 0.5) is 0 Å². The van der Waals surface area contributed by atoms with Crippen LogP contribution in [0.25, 0.3) is 0 Å². The maximum atomic E-state index is 12.1. The molecule has 4 heteroatoms. The number of hydrogen-bond acceptors (Lipinski definition) is 3. The predicted molar refractivity (Wildman–Crippen MR) is 84.8 cm³/mol. The molecule has 1 N–H and O–H groups in total. The third-order valence-electron chi connectivity index (χ3n) is 3.88. The molecule has 0 aliphatic heterocycles. The zero-order valence-electron chi connectivity index (χ0n) is 12.7. The van der Waals surface area contributed by atoms with Gasteiger partial charge in [-0.05, 0) is 30.5 Å². The molecular weight excluding hydrogens is 276 g/mol. The maximum absolute atomic E-state index is 12.1. The molecule has 1 aliphatic rings. The highest BCUT2D eigenvalue weighted by Gasteiger charge is 2.24. The molecule has 3 rings (SSSR count). The van der Waals surface area contributed by atoms with E-state index < -0.39 is 0 Å². The van der Waals surface area contributed by atoms with E-state index in [0.717, 1.165) is 16.9 Å². The SMILES string of the molecule is COc1ccccc1CC(=O)NCc1ccc(C2CC2)nc1. The molecule has 1 heterocycles. The third kappa shape index (κ3) is 3.64. The lowest BCUT2D eigenvalue weighted by molar-refractivity contribution is -0.120. The number of aromatic nitrogens is 1. The number of methoxy groups -OCH3 is 1. The van der Waals surface area contributed by atoms with Crippen LogP contribution in [-0.2, 0) is 17.8 Å². The van der Waals surface area contributed by atoms with Crippen LogP contribution in [0.3, 0.4) is 0 Å². The molecule has 1 aromatic carbocycles. The molecule has 1 amide bonds. The van der Waals surface area contributed by atoms with Gasteiger partial charge in [0.2, 0.25) is 5.91 Å². The van der Waals surface area contributed by atoms with Crippen molar-refractivity contribution >= 4 is 5.91 Å². The second-order valence-electron chi connectivity index (χ2n) is 5.63. The van der Waals surface area contributed by atoms with Crippen LogP contribution in [0.2, 0.25) is 0 Å². The summed E-state index contributed by atoms with van der Waals surface area (Å²) < 4.78 is 5.26. The van der Waals surface area contributed by atoms with Gasteiger partial charge in [-0.2, -0.15) is 0 Å². The summed E-state index contributed by atoms with van der Waals surface area (Å²) in [5.41, 5.74) is 3.09. The highest BCUT2D eigenvalue weighted by Crippen LogP contribution is 2.38. The second kappa shape index (κ2) is 6.60. The van der Waals surface area contributed by atoms with Crippen LogP contribution in [0.5, 0.6) is 5.75 Å². The average Bonchev–Trinajstić information content (AvgIpc) is 3.39. The summed E-state index contributed by atoms with van der Waals surface area (Å²) in [5.74, 6) is 1.39. The number of ether oxygens (including phenoxy) is 1. The molecule has 1 aromatic heterocycles. The summed E-state index contributed by atoms with van der Waals surface area (Å²) in [6.07, 6.45) is 4.68. The molecular formula is C18H20N2O2. The first-order chi connectivity index (χ1) is 10.8. The average molecular weight is 296 g/mol. The molecule has 1 aliphatic carbocycles. The van der Waals surface area contributed by atoms with Gasteiger partial charge in [0.15, 0.2) is 0 Å². The minimum atomic E-state index is -0.0178. The standard InChI is InChI=1S/C18H20N2O2/c1-22-17-5-3-2-4-15(17)10-18(21)20-12-13-6-9-16(19-11-13)14-7-8-14/h2-6,9,11,14H,7-8,10,12H2,1H3,(H,20,21). The largest absolute Gasteiger partial charge is 0.496 e. The van der Waals surface area contributed by atoms with Gasteiger partial charge in [0.25, 0.3) is 0 Å². The van der Waals surface area contributed by atoms with Crippen molar-refractivity contribution in [1.82, 2.24) is 10.3 Å². The molecule has 1 saturated carbocycles. The number of para-hydroxylation sites is 1. The van der Waals surface area contributed by atoms with Crippen molar-refractivity contribution in [3.05, 3.63) is 59.4 Å². The van der Waals surface area contributed by atoms with Crippen LogP contribution in [0.15, 0.2) is 42.6 Å². The molecule has 2 aromatic rings. The van der Waals surface area contributed by atoms with E-state index in [1.165, 1.54) is 18.5 Å². The Kier molecular flexibility index (Phi) is 4.37. The number of nitrogens with zero attached hydrogens (tertiary/aromatic N) is 1. The van der Waals surface area contributed by atoms with Crippen molar-refractivity contribution in [2.45, 2.75) is 31.7 Å². The van der Waals surface area contributed by atoms with Crippen molar-refractivity contribution in [1.29, 1.82) is 0 Å². The molecule has 0 saturated heterocycles. The smallest absolute Gasteiger partial charge is 0.224 e. The molecule has 0 unspecified atom stereocenters. The fourth-order valence-corrected chi connectivity index (χ4v) is 2.45. The molecule has 114 valence electrons. The van der Waals surface area contributed by atoms with Crippen LogP contribution in [0.1, 0.15) is 35.6 Å². The second-order valence-corrected chi connectivity index (χ2v) is 5.63. The first kappa shape index (κ1) is 14.6. The Hall–Kier alpha value is -2.36. The van der Waals surface area contributed by atoms with Crippen molar-refractivity contribution in [3.63, 3.8) is 0 Å². The van der Waals surface area contributed by atoms with Gasteiger partial charge in [-0.15, -0.1) is 0 Å². The Morgan fingerprint density at radius 1 is 1.27 bits per heavy atom. The van der Waals surface area contributed by atoms with Crippen molar-refractivity contribution in [2.75, 3.05) is 7.11 Å². The maximum Gasteiger partial charge on any atom is 0.224 e. The number of pyridine rings is 1. The summed E-state index contributed by atoms with van der Waals surface area (Å²) in [4.78, 5) is 16.5. The van der Waals surface area contributed by atoms with Crippen LogP contribution in [0, 0.1) is 0 Å². The van der Waals surface area contributed by atoms with Crippen LogP contribution in [-0.4, -0.2) is 18.0 Å². The van der Waals surface area contributed by atoms with E-state index in [-0.39, 0.29) is 5.91 Å². The molecule has 22 heavy (non-hydrogen) atoms. The van der Waals surface area contributed by atoms with Crippen molar-refractivity contribution in [2.24, 2.45) is 0 Å². The zero-order chi connectivity index (χ0) is 15.4. The van der Waals surface area contributed by atoms with Crippen LogP contribution < -0.4 is 10.1 Å².